The van der Waals surface area contributed by atoms with Crippen LogP contribution in [0.3, 0.4) is 0 Å². The van der Waals surface area contributed by atoms with Crippen molar-refractivity contribution < 1.29 is 14.3 Å². The van der Waals surface area contributed by atoms with Crippen molar-refractivity contribution in [3.8, 4) is 0 Å². The molecule has 1 aliphatic heterocycles. The predicted octanol–water partition coefficient (Wildman–Crippen LogP) is 6.03. The molecule has 5 rings (SSSR count). The molecule has 1 fully saturated rings. The normalized spacial score (nSPS) is 19.5. The molecule has 0 aromatic heterocycles. The van der Waals surface area contributed by atoms with Gasteiger partial charge in [0.1, 0.15) is 6.04 Å². The maximum Gasteiger partial charge on any atom is 0.210 e. The van der Waals surface area contributed by atoms with Crippen LogP contribution in [-0.2, 0) is 14.3 Å². The molecular formula is C29H25NO3. The first-order chi connectivity index (χ1) is 16.0. The Morgan fingerprint density at radius 3 is 1.97 bits per heavy atom. The standard InChI is InChI=1S/C29H25NO3/c1-20(31)29(21(2)32)27(23-13-5-3-6-14-23)30(24-16-7-4-8-17-24)28(33-29)26-19-11-15-22-12-9-10-18-25(22)26/h3-19,27-28H,1-2H3/t27-,28+/m0/s1. The number of ketones is 2. The number of rotatable bonds is 5. The Balaban J connectivity index is 1.82. The van der Waals surface area contributed by atoms with Crippen LogP contribution in [0.5, 0.6) is 0 Å². The van der Waals surface area contributed by atoms with Gasteiger partial charge in [-0.2, -0.15) is 0 Å². The second kappa shape index (κ2) is 8.30. The molecule has 0 unspecified atom stereocenters. The number of benzene rings is 4. The van der Waals surface area contributed by atoms with Crippen molar-refractivity contribution in [2.45, 2.75) is 31.7 Å². The highest BCUT2D eigenvalue weighted by molar-refractivity contribution is 6.10. The molecule has 0 amide bonds. The van der Waals surface area contributed by atoms with Gasteiger partial charge in [-0.05, 0) is 42.3 Å². The summed E-state index contributed by atoms with van der Waals surface area (Å²) in [4.78, 5) is 28.6. The summed E-state index contributed by atoms with van der Waals surface area (Å²) in [6.07, 6.45) is -0.628. The second-order valence-corrected chi connectivity index (χ2v) is 8.44. The summed E-state index contributed by atoms with van der Waals surface area (Å²) < 4.78 is 6.63. The largest absolute Gasteiger partial charge is 0.331 e. The Labute approximate surface area is 193 Å². The fourth-order valence-electron chi connectivity index (χ4n) is 5.02. The zero-order valence-electron chi connectivity index (χ0n) is 18.6. The SMILES string of the molecule is CC(=O)C1(C(C)=O)O[C@H](c2cccc3ccccc23)N(c2ccccc2)[C@H]1c1ccccc1. The van der Waals surface area contributed by atoms with Crippen molar-refractivity contribution in [3.05, 3.63) is 114 Å². The van der Waals surface area contributed by atoms with Crippen LogP contribution in [-0.4, -0.2) is 17.2 Å². The number of nitrogens with zero attached hydrogens (tertiary/aromatic N) is 1. The van der Waals surface area contributed by atoms with Crippen molar-refractivity contribution in [1.82, 2.24) is 0 Å². The average Bonchev–Trinajstić information content (AvgIpc) is 3.22. The molecule has 0 bridgehead atoms. The van der Waals surface area contributed by atoms with Gasteiger partial charge in [-0.25, -0.2) is 0 Å². The van der Waals surface area contributed by atoms with Gasteiger partial charge in [0.05, 0.1) is 0 Å². The third kappa shape index (κ3) is 3.35. The van der Waals surface area contributed by atoms with Crippen LogP contribution in [0.15, 0.2) is 103 Å². The van der Waals surface area contributed by atoms with Crippen LogP contribution < -0.4 is 4.90 Å². The summed E-state index contributed by atoms with van der Waals surface area (Å²) in [5, 5.41) is 2.10. The second-order valence-electron chi connectivity index (χ2n) is 8.44. The molecule has 0 radical (unpaired) electrons. The fraction of sp³-hybridized carbons (Fsp3) is 0.172. The summed E-state index contributed by atoms with van der Waals surface area (Å²) in [6.45, 7) is 2.90. The van der Waals surface area contributed by atoms with E-state index in [-0.39, 0.29) is 11.6 Å². The van der Waals surface area contributed by atoms with Gasteiger partial charge in [-0.15, -0.1) is 0 Å². The zero-order chi connectivity index (χ0) is 23.0. The number of para-hydroxylation sites is 1. The molecule has 0 saturated carbocycles. The van der Waals surface area contributed by atoms with Gasteiger partial charge < -0.3 is 9.64 Å². The number of carbonyl (C=O) groups excluding carboxylic acids is 2. The molecule has 2 atom stereocenters. The monoisotopic (exact) mass is 435 g/mol. The summed E-state index contributed by atoms with van der Waals surface area (Å²) in [6, 6.07) is 33.1. The van der Waals surface area contributed by atoms with Gasteiger partial charge in [0.15, 0.2) is 17.8 Å². The minimum absolute atomic E-state index is 0.299. The highest BCUT2D eigenvalue weighted by Gasteiger charge is 2.61. The molecule has 164 valence electrons. The lowest BCUT2D eigenvalue weighted by Crippen LogP contribution is -2.50. The van der Waals surface area contributed by atoms with Crippen molar-refractivity contribution in [3.63, 3.8) is 0 Å². The van der Waals surface area contributed by atoms with E-state index in [9.17, 15) is 9.59 Å². The van der Waals surface area contributed by atoms with E-state index in [1.54, 1.807) is 0 Å². The topological polar surface area (TPSA) is 46.6 Å². The molecule has 0 spiro atoms. The Morgan fingerprint density at radius 2 is 1.30 bits per heavy atom. The molecular weight excluding hydrogens is 410 g/mol. The first-order valence-electron chi connectivity index (χ1n) is 11.1. The Hall–Kier alpha value is -3.76. The summed E-state index contributed by atoms with van der Waals surface area (Å²) in [5.41, 5.74) is 1.03. The minimum Gasteiger partial charge on any atom is -0.331 e. The maximum absolute atomic E-state index is 13.2. The predicted molar refractivity (Wildman–Crippen MR) is 130 cm³/mol. The van der Waals surface area contributed by atoms with Crippen LogP contribution in [0.4, 0.5) is 5.69 Å². The number of anilines is 1. The van der Waals surface area contributed by atoms with E-state index in [0.717, 1.165) is 27.6 Å². The van der Waals surface area contributed by atoms with Crippen molar-refractivity contribution >= 4 is 28.0 Å². The first kappa shape index (κ1) is 21.1. The molecule has 33 heavy (non-hydrogen) atoms. The van der Waals surface area contributed by atoms with Crippen molar-refractivity contribution in [2.24, 2.45) is 0 Å². The van der Waals surface area contributed by atoms with Crippen LogP contribution in [0.25, 0.3) is 10.8 Å². The molecule has 0 N–H and O–H groups in total. The quantitative estimate of drug-likeness (QED) is 0.359. The van der Waals surface area contributed by atoms with E-state index in [1.807, 2.05) is 84.9 Å². The Bertz CT molecular complexity index is 1300. The number of hydrogen-bond acceptors (Lipinski definition) is 4. The van der Waals surface area contributed by atoms with Crippen LogP contribution in [0.2, 0.25) is 0 Å². The lowest BCUT2D eigenvalue weighted by molar-refractivity contribution is -0.155. The number of Topliss-reactive ketones (excluding diaryl/α,β-unsaturated/α-hetero) is 2. The molecule has 1 saturated heterocycles. The first-order valence-corrected chi connectivity index (χ1v) is 11.1. The highest BCUT2D eigenvalue weighted by atomic mass is 16.6. The minimum atomic E-state index is -1.63. The van der Waals surface area contributed by atoms with Gasteiger partial charge >= 0.3 is 0 Å². The number of fused-ring (bicyclic) bond motifs is 1. The van der Waals surface area contributed by atoms with Crippen LogP contribution in [0, 0.1) is 0 Å². The van der Waals surface area contributed by atoms with E-state index in [0.29, 0.717) is 0 Å². The fourth-order valence-corrected chi connectivity index (χ4v) is 5.02. The molecule has 1 heterocycles. The zero-order valence-corrected chi connectivity index (χ0v) is 18.6. The number of ether oxygens (including phenoxy) is 1. The molecule has 4 heteroatoms. The van der Waals surface area contributed by atoms with E-state index >= 15 is 0 Å². The van der Waals surface area contributed by atoms with E-state index in [4.69, 9.17) is 4.74 Å². The Kier molecular flexibility index (Phi) is 5.31. The van der Waals surface area contributed by atoms with Crippen molar-refractivity contribution in [2.75, 3.05) is 4.90 Å². The van der Waals surface area contributed by atoms with Crippen molar-refractivity contribution in [1.29, 1.82) is 0 Å². The summed E-state index contributed by atoms with van der Waals surface area (Å²) >= 11 is 0. The molecule has 4 aromatic carbocycles. The van der Waals surface area contributed by atoms with E-state index in [1.165, 1.54) is 13.8 Å². The third-order valence-electron chi connectivity index (χ3n) is 6.52. The Morgan fingerprint density at radius 1 is 0.727 bits per heavy atom. The lowest BCUT2D eigenvalue weighted by atomic mass is 9.82. The van der Waals surface area contributed by atoms with Gasteiger partial charge in [0.25, 0.3) is 0 Å². The van der Waals surface area contributed by atoms with Gasteiger partial charge in [0.2, 0.25) is 5.60 Å². The van der Waals surface area contributed by atoms with E-state index in [2.05, 4.69) is 23.1 Å². The smallest absolute Gasteiger partial charge is 0.210 e. The highest BCUT2D eigenvalue weighted by Crippen LogP contribution is 2.53. The maximum atomic E-state index is 13.2. The summed E-state index contributed by atoms with van der Waals surface area (Å²) in [7, 11) is 0. The van der Waals surface area contributed by atoms with Gasteiger partial charge in [0, 0.05) is 11.3 Å². The lowest BCUT2D eigenvalue weighted by Gasteiger charge is -2.34. The van der Waals surface area contributed by atoms with Crippen LogP contribution >= 0.6 is 0 Å². The van der Waals surface area contributed by atoms with Crippen LogP contribution in [0.1, 0.15) is 37.2 Å². The molecule has 1 aliphatic rings. The average molecular weight is 436 g/mol. The number of hydrogen-bond donors (Lipinski definition) is 0. The molecule has 4 nitrogen and oxygen atoms in total. The molecule has 0 aliphatic carbocycles. The van der Waals surface area contributed by atoms with Gasteiger partial charge in [-0.3, -0.25) is 9.59 Å². The molecule has 4 aromatic rings. The third-order valence-corrected chi connectivity index (χ3v) is 6.52. The number of carbonyl (C=O) groups is 2. The van der Waals surface area contributed by atoms with E-state index < -0.39 is 17.9 Å². The van der Waals surface area contributed by atoms with Gasteiger partial charge in [-0.1, -0.05) is 91.0 Å². The summed E-state index contributed by atoms with van der Waals surface area (Å²) in [5.74, 6) is -0.597.